The lowest BCUT2D eigenvalue weighted by Gasteiger charge is -2.23. The molecule has 1 N–H and O–H groups in total. The normalized spacial score (nSPS) is 21.4. The molecule has 0 amide bonds. The maximum atomic E-state index is 12.3. The fraction of sp³-hybridized carbons (Fsp3) is 1.00. The van der Waals surface area contributed by atoms with E-state index in [0.717, 1.165) is 32.4 Å². The molecule has 1 fully saturated rings. The average Bonchev–Trinajstić information content (AvgIpc) is 2.68. The highest BCUT2D eigenvalue weighted by Gasteiger charge is 2.30. The lowest BCUT2D eigenvalue weighted by molar-refractivity contribution is -0.146. The molecule has 0 radical (unpaired) electrons. The Balaban J connectivity index is 2.18. The Labute approximate surface area is 102 Å². The van der Waals surface area contributed by atoms with Crippen LogP contribution in [-0.4, -0.2) is 43.8 Å². The van der Waals surface area contributed by atoms with Crippen LogP contribution < -0.4 is 5.32 Å². The summed E-state index contributed by atoms with van der Waals surface area (Å²) in [6.45, 7) is 4.37. The van der Waals surface area contributed by atoms with E-state index in [9.17, 15) is 13.2 Å². The van der Waals surface area contributed by atoms with E-state index in [-0.39, 0.29) is 0 Å². The predicted octanol–water partition coefficient (Wildman–Crippen LogP) is 2.65. The Morgan fingerprint density at radius 3 is 2.59 bits per heavy atom. The third kappa shape index (κ3) is 6.88. The fourth-order valence-corrected chi connectivity index (χ4v) is 2.40. The van der Waals surface area contributed by atoms with Crippen molar-refractivity contribution in [1.29, 1.82) is 0 Å². The molecule has 1 atom stereocenters. The van der Waals surface area contributed by atoms with Crippen LogP contribution in [0.3, 0.4) is 0 Å². The van der Waals surface area contributed by atoms with E-state index in [1.54, 1.807) is 0 Å². The molecule has 1 heterocycles. The Morgan fingerprint density at radius 2 is 2.06 bits per heavy atom. The first-order valence-corrected chi connectivity index (χ1v) is 6.51. The summed E-state index contributed by atoms with van der Waals surface area (Å²) in [6, 6.07) is 0. The zero-order valence-corrected chi connectivity index (χ0v) is 10.5. The molecule has 17 heavy (non-hydrogen) atoms. The van der Waals surface area contributed by atoms with Crippen LogP contribution in [0.25, 0.3) is 0 Å². The molecule has 1 rings (SSSR count). The molecule has 0 aromatic rings. The Bertz CT molecular complexity index is 200. The van der Waals surface area contributed by atoms with E-state index in [0.29, 0.717) is 19.0 Å². The minimum absolute atomic E-state index is 0.544. The van der Waals surface area contributed by atoms with E-state index in [1.807, 2.05) is 6.92 Å². The molecule has 102 valence electrons. The number of rotatable bonds is 7. The number of halogens is 3. The molecule has 0 aromatic heterocycles. The zero-order valence-electron chi connectivity index (χ0n) is 10.5. The Kier molecular flexibility index (Phi) is 6.27. The molecular formula is C12H23F3N2. The summed E-state index contributed by atoms with van der Waals surface area (Å²) in [4.78, 5) is 1.53. The summed E-state index contributed by atoms with van der Waals surface area (Å²) in [5, 5.41) is 3.28. The molecular weight excluding hydrogens is 229 g/mol. The van der Waals surface area contributed by atoms with Crippen molar-refractivity contribution in [3.05, 3.63) is 0 Å². The largest absolute Gasteiger partial charge is 0.401 e. The van der Waals surface area contributed by atoms with Gasteiger partial charge >= 0.3 is 6.18 Å². The highest BCUT2D eigenvalue weighted by molar-refractivity contribution is 4.72. The maximum absolute atomic E-state index is 12.3. The second-order valence-corrected chi connectivity index (χ2v) is 4.89. The van der Waals surface area contributed by atoms with Crippen LogP contribution in [0.2, 0.25) is 0 Å². The number of alkyl halides is 3. The number of nitrogens with one attached hydrogen (secondary N) is 1. The summed E-state index contributed by atoms with van der Waals surface area (Å²) in [6.07, 6.45) is -0.189. The van der Waals surface area contributed by atoms with Gasteiger partial charge < -0.3 is 5.32 Å². The van der Waals surface area contributed by atoms with Crippen LogP contribution in [0.1, 0.15) is 32.6 Å². The second kappa shape index (κ2) is 7.21. The second-order valence-electron chi connectivity index (χ2n) is 4.89. The standard InChI is InChI=1S/C12H23F3N2/c1-2-7-17(10-12(13,14)15)8-3-4-11-5-6-16-9-11/h11,16H,2-10H2,1H3. The zero-order chi connectivity index (χ0) is 12.7. The highest BCUT2D eigenvalue weighted by Crippen LogP contribution is 2.18. The first kappa shape index (κ1) is 14.8. The molecule has 1 aliphatic heterocycles. The molecule has 0 aliphatic carbocycles. The summed E-state index contributed by atoms with van der Waals surface area (Å²) >= 11 is 0. The Morgan fingerprint density at radius 1 is 1.29 bits per heavy atom. The predicted molar refractivity (Wildman–Crippen MR) is 63.0 cm³/mol. The van der Waals surface area contributed by atoms with Gasteiger partial charge in [0, 0.05) is 0 Å². The van der Waals surface area contributed by atoms with Gasteiger partial charge in [0.05, 0.1) is 6.54 Å². The molecule has 5 heteroatoms. The lowest BCUT2D eigenvalue weighted by atomic mass is 10.0. The third-order valence-corrected chi connectivity index (χ3v) is 3.19. The molecule has 0 spiro atoms. The van der Waals surface area contributed by atoms with Crippen molar-refractivity contribution < 1.29 is 13.2 Å². The molecule has 1 aliphatic rings. The van der Waals surface area contributed by atoms with Gasteiger partial charge in [-0.05, 0) is 57.8 Å². The van der Waals surface area contributed by atoms with Crippen molar-refractivity contribution in [2.45, 2.75) is 38.8 Å². The van der Waals surface area contributed by atoms with Crippen molar-refractivity contribution in [1.82, 2.24) is 10.2 Å². The van der Waals surface area contributed by atoms with Gasteiger partial charge in [0.15, 0.2) is 0 Å². The van der Waals surface area contributed by atoms with Gasteiger partial charge in [0.25, 0.3) is 0 Å². The van der Waals surface area contributed by atoms with Crippen molar-refractivity contribution in [2.75, 3.05) is 32.7 Å². The van der Waals surface area contributed by atoms with Crippen molar-refractivity contribution >= 4 is 0 Å². The van der Waals surface area contributed by atoms with E-state index < -0.39 is 12.7 Å². The van der Waals surface area contributed by atoms with Crippen LogP contribution in [0.4, 0.5) is 13.2 Å². The number of hydrogen-bond donors (Lipinski definition) is 1. The molecule has 0 saturated carbocycles. The van der Waals surface area contributed by atoms with Crippen molar-refractivity contribution in [2.24, 2.45) is 5.92 Å². The smallest absolute Gasteiger partial charge is 0.316 e. The maximum Gasteiger partial charge on any atom is 0.401 e. The summed E-state index contributed by atoms with van der Waals surface area (Å²) in [5.74, 6) is 0.671. The quantitative estimate of drug-likeness (QED) is 0.749. The monoisotopic (exact) mass is 252 g/mol. The van der Waals surface area contributed by atoms with E-state index >= 15 is 0 Å². The molecule has 0 aromatic carbocycles. The molecule has 1 saturated heterocycles. The molecule has 2 nitrogen and oxygen atoms in total. The van der Waals surface area contributed by atoms with E-state index in [2.05, 4.69) is 5.32 Å². The van der Waals surface area contributed by atoms with Gasteiger partial charge in [-0.1, -0.05) is 6.92 Å². The first-order chi connectivity index (χ1) is 8.01. The minimum Gasteiger partial charge on any atom is -0.316 e. The molecule has 0 bridgehead atoms. The van der Waals surface area contributed by atoms with Crippen LogP contribution in [-0.2, 0) is 0 Å². The van der Waals surface area contributed by atoms with E-state index in [4.69, 9.17) is 0 Å². The van der Waals surface area contributed by atoms with Gasteiger partial charge in [-0.25, -0.2) is 0 Å². The van der Waals surface area contributed by atoms with Crippen LogP contribution in [0.5, 0.6) is 0 Å². The van der Waals surface area contributed by atoms with Crippen LogP contribution >= 0.6 is 0 Å². The van der Waals surface area contributed by atoms with Crippen molar-refractivity contribution in [3.8, 4) is 0 Å². The Hall–Kier alpha value is -0.290. The topological polar surface area (TPSA) is 15.3 Å². The van der Waals surface area contributed by atoms with Crippen molar-refractivity contribution in [3.63, 3.8) is 0 Å². The summed E-state index contributed by atoms with van der Waals surface area (Å²) in [5.41, 5.74) is 0. The van der Waals surface area contributed by atoms with Gasteiger partial charge in [0.1, 0.15) is 0 Å². The lowest BCUT2D eigenvalue weighted by Crippen LogP contribution is -2.35. The van der Waals surface area contributed by atoms with Gasteiger partial charge in [-0.3, -0.25) is 4.90 Å². The van der Waals surface area contributed by atoms with Gasteiger partial charge in [-0.15, -0.1) is 0 Å². The number of nitrogens with zero attached hydrogens (tertiary/aromatic N) is 1. The fourth-order valence-electron chi connectivity index (χ4n) is 2.40. The molecule has 1 unspecified atom stereocenters. The first-order valence-electron chi connectivity index (χ1n) is 6.51. The van der Waals surface area contributed by atoms with Gasteiger partial charge in [0.2, 0.25) is 0 Å². The average molecular weight is 252 g/mol. The summed E-state index contributed by atoms with van der Waals surface area (Å²) in [7, 11) is 0. The van der Waals surface area contributed by atoms with E-state index in [1.165, 1.54) is 11.3 Å². The number of hydrogen-bond acceptors (Lipinski definition) is 2. The summed E-state index contributed by atoms with van der Waals surface area (Å²) < 4.78 is 36.9. The highest BCUT2D eigenvalue weighted by atomic mass is 19.4. The van der Waals surface area contributed by atoms with Crippen LogP contribution in [0.15, 0.2) is 0 Å². The minimum atomic E-state index is -4.07. The third-order valence-electron chi connectivity index (χ3n) is 3.19. The van der Waals surface area contributed by atoms with Crippen LogP contribution in [0, 0.1) is 5.92 Å². The SMILES string of the molecule is CCCN(CCCC1CCNC1)CC(F)(F)F. The van der Waals surface area contributed by atoms with Gasteiger partial charge in [-0.2, -0.15) is 13.2 Å².